The second-order valence-electron chi connectivity index (χ2n) is 16.9. The van der Waals surface area contributed by atoms with Crippen LogP contribution in [0.25, 0.3) is 71.2 Å². The standard InChI is InChI=1S/C57H42N2S/c1-57(2)51-20-9-6-15-45(51)46-33-32-43(36-52(46)57)58(42-30-25-38(26-31-42)44-18-12-19-49-48-17-8-11-22-55(48)60-56(44)49)41-28-23-37(24-29-41)39-27-34-54-50(35-39)47-16-7-10-21-53(47)59(54)40-13-4-3-5-14-40/h3-26,28-36,39H,27H2,1-2H3. The molecule has 3 heteroatoms. The smallest absolute Gasteiger partial charge is 0.0540 e. The minimum Gasteiger partial charge on any atom is -0.310 e. The molecule has 2 aliphatic carbocycles. The first-order chi connectivity index (χ1) is 29.5. The lowest BCUT2D eigenvalue weighted by Gasteiger charge is -2.28. The topological polar surface area (TPSA) is 8.17 Å². The number of benzene rings is 8. The fourth-order valence-electron chi connectivity index (χ4n) is 10.2. The Morgan fingerprint density at radius 2 is 1.20 bits per heavy atom. The molecule has 0 amide bonds. The van der Waals surface area contributed by atoms with Gasteiger partial charge in [-0.25, -0.2) is 0 Å². The molecule has 0 bridgehead atoms. The van der Waals surface area contributed by atoms with E-state index in [0.717, 1.165) is 23.5 Å². The fourth-order valence-corrected chi connectivity index (χ4v) is 11.4. The van der Waals surface area contributed by atoms with Crippen molar-refractivity contribution in [2.45, 2.75) is 31.6 Å². The van der Waals surface area contributed by atoms with Gasteiger partial charge in [-0.3, -0.25) is 0 Å². The molecule has 0 saturated heterocycles. The molecule has 12 rings (SSSR count). The first-order valence-corrected chi connectivity index (χ1v) is 21.8. The summed E-state index contributed by atoms with van der Waals surface area (Å²) in [5.74, 6) is 0.283. The van der Waals surface area contributed by atoms with Crippen molar-refractivity contribution in [1.82, 2.24) is 4.57 Å². The molecule has 1 unspecified atom stereocenters. The van der Waals surface area contributed by atoms with Crippen LogP contribution in [0.5, 0.6) is 0 Å². The normalized spacial score (nSPS) is 15.0. The highest BCUT2D eigenvalue weighted by Crippen LogP contribution is 2.51. The van der Waals surface area contributed by atoms with E-state index < -0.39 is 0 Å². The molecular formula is C57H42N2S. The Bertz CT molecular complexity index is 3420. The summed E-state index contributed by atoms with van der Waals surface area (Å²) >= 11 is 1.89. The maximum atomic E-state index is 2.50. The van der Waals surface area contributed by atoms with Crippen molar-refractivity contribution in [2.75, 3.05) is 4.90 Å². The molecule has 0 N–H and O–H groups in total. The molecule has 0 aliphatic heterocycles. The van der Waals surface area contributed by atoms with Gasteiger partial charge in [-0.15, -0.1) is 11.3 Å². The van der Waals surface area contributed by atoms with Crippen molar-refractivity contribution in [1.29, 1.82) is 0 Å². The second-order valence-corrected chi connectivity index (χ2v) is 17.9. The van der Waals surface area contributed by atoms with Crippen molar-refractivity contribution >= 4 is 71.6 Å². The monoisotopic (exact) mass is 786 g/mol. The maximum absolute atomic E-state index is 2.50. The van der Waals surface area contributed by atoms with Crippen LogP contribution >= 0.6 is 11.3 Å². The third kappa shape index (κ3) is 5.39. The largest absolute Gasteiger partial charge is 0.310 e. The number of fused-ring (bicyclic) bond motifs is 9. The molecule has 0 saturated carbocycles. The summed E-state index contributed by atoms with van der Waals surface area (Å²) in [7, 11) is 0. The number of nitrogens with zero attached hydrogens (tertiary/aromatic N) is 2. The molecule has 2 heterocycles. The average molecular weight is 787 g/mol. The van der Waals surface area contributed by atoms with Crippen LogP contribution in [0.3, 0.4) is 0 Å². The molecule has 2 aromatic heterocycles. The molecule has 0 spiro atoms. The van der Waals surface area contributed by atoms with Crippen molar-refractivity contribution < 1.29 is 0 Å². The van der Waals surface area contributed by atoms with Crippen molar-refractivity contribution in [3.8, 4) is 27.9 Å². The van der Waals surface area contributed by atoms with Crippen LogP contribution in [-0.2, 0) is 5.41 Å². The van der Waals surface area contributed by atoms with Crippen LogP contribution < -0.4 is 15.5 Å². The number of aromatic nitrogens is 1. The molecule has 2 aliphatic rings. The summed E-state index contributed by atoms with van der Waals surface area (Å²) in [6.07, 6.45) is 5.89. The van der Waals surface area contributed by atoms with E-state index in [0.29, 0.717) is 0 Å². The molecule has 1 atom stereocenters. The van der Waals surface area contributed by atoms with E-state index in [1.54, 1.807) is 0 Å². The molecule has 0 radical (unpaired) electrons. The summed E-state index contributed by atoms with van der Waals surface area (Å²) < 4.78 is 5.09. The third-order valence-electron chi connectivity index (χ3n) is 13.1. The van der Waals surface area contributed by atoms with Gasteiger partial charge in [0.25, 0.3) is 0 Å². The first-order valence-electron chi connectivity index (χ1n) is 21.0. The minimum atomic E-state index is -0.0972. The zero-order valence-corrected chi connectivity index (χ0v) is 34.5. The fraction of sp³-hybridized carbons (Fsp3) is 0.0877. The Hall–Kier alpha value is -6.94. The van der Waals surface area contributed by atoms with Crippen LogP contribution in [0.2, 0.25) is 0 Å². The van der Waals surface area contributed by atoms with Crippen molar-refractivity contribution in [2.24, 2.45) is 0 Å². The summed E-state index contributed by atoms with van der Waals surface area (Å²) in [6.45, 7) is 4.73. The molecule has 286 valence electrons. The Kier molecular flexibility index (Phi) is 7.92. The number of hydrogen-bond acceptors (Lipinski definition) is 2. The predicted molar refractivity (Wildman–Crippen MR) is 256 cm³/mol. The Balaban J connectivity index is 0.951. The van der Waals surface area contributed by atoms with Crippen molar-refractivity contribution in [3.05, 3.63) is 215 Å². The zero-order chi connectivity index (χ0) is 40.0. The van der Waals surface area contributed by atoms with Gasteiger partial charge in [-0.1, -0.05) is 153 Å². The van der Waals surface area contributed by atoms with Gasteiger partial charge in [-0.05, 0) is 106 Å². The number of thiophene rings is 1. The summed E-state index contributed by atoms with van der Waals surface area (Å²) in [4.78, 5) is 2.44. The highest BCUT2D eigenvalue weighted by molar-refractivity contribution is 7.26. The van der Waals surface area contributed by atoms with E-state index in [4.69, 9.17) is 0 Å². The molecule has 2 nitrogen and oxygen atoms in total. The Morgan fingerprint density at radius 1 is 0.550 bits per heavy atom. The Labute approximate surface area is 354 Å². The number of hydrogen-bond donors (Lipinski definition) is 0. The lowest BCUT2D eigenvalue weighted by Crippen LogP contribution is -2.31. The predicted octanol–water partition coefficient (Wildman–Crippen LogP) is 14.2. The van der Waals surface area contributed by atoms with Crippen LogP contribution in [0.15, 0.2) is 188 Å². The Morgan fingerprint density at radius 3 is 2.03 bits per heavy atom. The zero-order valence-electron chi connectivity index (χ0n) is 33.6. The van der Waals surface area contributed by atoms with Gasteiger partial charge in [0.05, 0.1) is 5.52 Å². The lowest BCUT2D eigenvalue weighted by molar-refractivity contribution is 0.660. The van der Waals surface area contributed by atoms with Crippen molar-refractivity contribution in [3.63, 3.8) is 0 Å². The summed E-state index contributed by atoms with van der Waals surface area (Å²) in [5, 5.41) is 6.57. The van der Waals surface area contributed by atoms with Crippen LogP contribution in [-0.4, -0.2) is 4.57 Å². The van der Waals surface area contributed by atoms with Gasteiger partial charge in [0, 0.05) is 70.2 Å². The van der Waals surface area contributed by atoms with Gasteiger partial charge < -0.3 is 9.47 Å². The van der Waals surface area contributed by atoms with Gasteiger partial charge in [0.15, 0.2) is 0 Å². The van der Waals surface area contributed by atoms with Crippen LogP contribution in [0.4, 0.5) is 17.1 Å². The highest BCUT2D eigenvalue weighted by Gasteiger charge is 2.35. The van der Waals surface area contributed by atoms with E-state index in [2.05, 4.69) is 224 Å². The molecule has 60 heavy (non-hydrogen) atoms. The summed E-state index contributed by atoms with van der Waals surface area (Å²) in [5.41, 5.74) is 15.1. The number of rotatable bonds is 6. The average Bonchev–Trinajstić information content (AvgIpc) is 3.92. The van der Waals surface area contributed by atoms with Gasteiger partial charge in [-0.2, -0.15) is 0 Å². The molecule has 0 fully saturated rings. The van der Waals surface area contributed by atoms with E-state index in [9.17, 15) is 0 Å². The van der Waals surface area contributed by atoms with E-state index >= 15 is 0 Å². The summed E-state index contributed by atoms with van der Waals surface area (Å²) in [6, 6.07) is 69.6. The molecule has 8 aromatic carbocycles. The first kappa shape index (κ1) is 35.0. The lowest BCUT2D eigenvalue weighted by atomic mass is 9.82. The number of anilines is 3. The SMILES string of the molecule is CC1(C)c2ccccc2-c2ccc(N(c3ccc(-c4cccc5c4sc4ccccc45)cc3)c3ccc(C4C=c5c(n(-c6ccccc6)c6ccccc56)=CC4)cc3)cc21. The van der Waals surface area contributed by atoms with E-state index in [1.165, 1.54) is 86.3 Å². The van der Waals surface area contributed by atoms with Crippen LogP contribution in [0, 0.1) is 0 Å². The van der Waals surface area contributed by atoms with E-state index in [-0.39, 0.29) is 11.3 Å². The van der Waals surface area contributed by atoms with Gasteiger partial charge >= 0.3 is 0 Å². The van der Waals surface area contributed by atoms with E-state index in [1.807, 2.05) is 11.3 Å². The molecular weight excluding hydrogens is 745 g/mol. The number of para-hydroxylation sites is 2. The second kappa shape index (κ2) is 13.6. The maximum Gasteiger partial charge on any atom is 0.0540 e. The van der Waals surface area contributed by atoms with Gasteiger partial charge in [0.1, 0.15) is 0 Å². The highest BCUT2D eigenvalue weighted by atomic mass is 32.1. The molecule has 10 aromatic rings. The van der Waals surface area contributed by atoms with Gasteiger partial charge in [0.2, 0.25) is 0 Å². The minimum absolute atomic E-state index is 0.0972. The quantitative estimate of drug-likeness (QED) is 0.163. The van der Waals surface area contributed by atoms with Crippen LogP contribution in [0.1, 0.15) is 42.9 Å². The third-order valence-corrected chi connectivity index (χ3v) is 14.4.